The van der Waals surface area contributed by atoms with Crippen molar-refractivity contribution in [3.8, 4) is 0 Å². The van der Waals surface area contributed by atoms with E-state index >= 15 is 0 Å². The quantitative estimate of drug-likeness (QED) is 0.754. The molecule has 0 aromatic heterocycles. The summed E-state index contributed by atoms with van der Waals surface area (Å²) in [6.07, 6.45) is 3.52. The number of alkyl halides is 2. The lowest BCUT2D eigenvalue weighted by Gasteiger charge is -2.23. The Labute approximate surface area is 101 Å². The van der Waals surface area contributed by atoms with Crippen LogP contribution >= 0.6 is 0 Å². The molecule has 1 saturated heterocycles. The predicted molar refractivity (Wildman–Crippen MR) is 64.0 cm³/mol. The van der Waals surface area contributed by atoms with Crippen LogP contribution in [0.4, 0.5) is 8.78 Å². The maximum absolute atomic E-state index is 11.5. The number of halogens is 2. The summed E-state index contributed by atoms with van der Waals surface area (Å²) in [4.78, 5) is 0. The summed E-state index contributed by atoms with van der Waals surface area (Å²) >= 11 is 0. The lowest BCUT2D eigenvalue weighted by Crippen LogP contribution is -2.33. The molecule has 2 aliphatic rings. The molecular formula is C12H22F2N2O. The molecule has 1 aliphatic carbocycles. The van der Waals surface area contributed by atoms with E-state index < -0.39 is 5.92 Å². The van der Waals surface area contributed by atoms with E-state index in [-0.39, 0.29) is 12.8 Å². The van der Waals surface area contributed by atoms with Gasteiger partial charge in [-0.2, -0.15) is 0 Å². The Bertz CT molecular complexity index is 235. The minimum atomic E-state index is -2.28. The smallest absolute Gasteiger partial charge is 0.248 e. The number of piperidine rings is 1. The molecule has 1 aliphatic heterocycles. The number of hydrogen-bond acceptors (Lipinski definition) is 3. The average Bonchev–Trinajstić information content (AvgIpc) is 2.27. The Morgan fingerprint density at radius 2 is 1.88 bits per heavy atom. The Morgan fingerprint density at radius 3 is 2.24 bits per heavy atom. The van der Waals surface area contributed by atoms with E-state index in [0.29, 0.717) is 24.8 Å². The van der Waals surface area contributed by atoms with E-state index in [0.717, 1.165) is 25.9 Å². The molecule has 2 N–H and O–H groups in total. The van der Waals surface area contributed by atoms with E-state index in [1.54, 1.807) is 6.92 Å². The number of ether oxygens (including phenoxy) is 1. The van der Waals surface area contributed by atoms with E-state index in [2.05, 4.69) is 5.32 Å². The molecule has 1 saturated carbocycles. The summed E-state index contributed by atoms with van der Waals surface area (Å²) in [6.45, 7) is 4.40. The second kappa shape index (κ2) is 7.01. The molecular weight excluding hydrogens is 226 g/mol. The van der Waals surface area contributed by atoms with Crippen LogP contribution in [0, 0.1) is 5.41 Å². The van der Waals surface area contributed by atoms with Crippen molar-refractivity contribution < 1.29 is 13.5 Å². The Kier molecular flexibility index (Phi) is 5.98. The normalized spacial score (nSPS) is 23.2. The van der Waals surface area contributed by atoms with Crippen molar-refractivity contribution in [2.24, 2.45) is 0 Å². The highest BCUT2D eigenvalue weighted by Gasteiger charge is 2.36. The van der Waals surface area contributed by atoms with Gasteiger partial charge in [0.2, 0.25) is 5.92 Å². The zero-order chi connectivity index (χ0) is 12.7. The van der Waals surface area contributed by atoms with Crippen LogP contribution in [0.5, 0.6) is 0 Å². The molecule has 0 aromatic carbocycles. The molecule has 0 atom stereocenters. The van der Waals surface area contributed by atoms with Crippen LogP contribution in [0.2, 0.25) is 0 Å². The van der Waals surface area contributed by atoms with Gasteiger partial charge in [-0.3, -0.25) is 0 Å². The van der Waals surface area contributed by atoms with Crippen molar-refractivity contribution in [2.75, 3.05) is 19.7 Å². The fourth-order valence-electron chi connectivity index (χ4n) is 1.65. The van der Waals surface area contributed by atoms with Gasteiger partial charge in [-0.25, -0.2) is 8.78 Å². The molecule has 2 fully saturated rings. The van der Waals surface area contributed by atoms with Crippen LogP contribution in [0.15, 0.2) is 0 Å². The second-order valence-electron chi connectivity index (χ2n) is 4.75. The highest BCUT2D eigenvalue weighted by Crippen LogP contribution is 2.36. The molecule has 0 bridgehead atoms. The predicted octanol–water partition coefficient (Wildman–Crippen LogP) is 2.60. The largest absolute Gasteiger partial charge is 0.372 e. The summed E-state index contributed by atoms with van der Waals surface area (Å²) < 4.78 is 28.6. The van der Waals surface area contributed by atoms with Gasteiger partial charge in [0.15, 0.2) is 0 Å². The Balaban J connectivity index is 0.000000202. The first-order chi connectivity index (χ1) is 7.99. The molecule has 1 heterocycles. The fraction of sp³-hybridized carbons (Fsp3) is 0.917. The van der Waals surface area contributed by atoms with Crippen molar-refractivity contribution in [1.82, 2.24) is 5.32 Å². The topological polar surface area (TPSA) is 45.1 Å². The zero-order valence-electron chi connectivity index (χ0n) is 10.4. The third-order valence-corrected chi connectivity index (χ3v) is 2.91. The first kappa shape index (κ1) is 14.5. The van der Waals surface area contributed by atoms with Gasteiger partial charge in [0.25, 0.3) is 0 Å². The zero-order valence-corrected chi connectivity index (χ0v) is 10.4. The molecule has 0 aromatic rings. The third kappa shape index (κ3) is 6.68. The first-order valence-electron chi connectivity index (χ1n) is 6.24. The van der Waals surface area contributed by atoms with Crippen LogP contribution in [0.25, 0.3) is 0 Å². The standard InChI is InChI=1S/C8H16N2O.C4H6F2/c1-7(9)6-11-8-2-4-10-5-3-8;5-4(6)2-1-3-4/h8-10H,2-6H2,1H3;1-3H2. The fourth-order valence-corrected chi connectivity index (χ4v) is 1.65. The molecule has 100 valence electrons. The summed E-state index contributed by atoms with van der Waals surface area (Å²) in [5, 5.41) is 10.4. The van der Waals surface area contributed by atoms with Crippen molar-refractivity contribution in [3.63, 3.8) is 0 Å². The summed E-state index contributed by atoms with van der Waals surface area (Å²) in [5.41, 5.74) is 0.614. The lowest BCUT2D eigenvalue weighted by molar-refractivity contribution is -0.0716. The molecule has 0 spiro atoms. The van der Waals surface area contributed by atoms with Crippen LogP contribution in [-0.4, -0.2) is 37.4 Å². The summed E-state index contributed by atoms with van der Waals surface area (Å²) in [5.74, 6) is -2.28. The Morgan fingerprint density at radius 1 is 1.35 bits per heavy atom. The van der Waals surface area contributed by atoms with Gasteiger partial charge in [0, 0.05) is 18.6 Å². The maximum Gasteiger partial charge on any atom is 0.248 e. The molecule has 2 rings (SSSR count). The van der Waals surface area contributed by atoms with Crippen LogP contribution in [0.1, 0.15) is 39.0 Å². The molecule has 17 heavy (non-hydrogen) atoms. The molecule has 5 heteroatoms. The van der Waals surface area contributed by atoms with Crippen LogP contribution in [0.3, 0.4) is 0 Å². The van der Waals surface area contributed by atoms with Gasteiger partial charge in [0.05, 0.1) is 12.7 Å². The highest BCUT2D eigenvalue weighted by atomic mass is 19.3. The average molecular weight is 248 g/mol. The van der Waals surface area contributed by atoms with Gasteiger partial charge in [0.1, 0.15) is 0 Å². The summed E-state index contributed by atoms with van der Waals surface area (Å²) in [6, 6.07) is 0. The van der Waals surface area contributed by atoms with E-state index in [9.17, 15) is 8.78 Å². The van der Waals surface area contributed by atoms with Gasteiger partial charge in [-0.05, 0) is 39.3 Å². The molecule has 3 nitrogen and oxygen atoms in total. The maximum atomic E-state index is 11.5. The van der Waals surface area contributed by atoms with Crippen molar-refractivity contribution in [3.05, 3.63) is 0 Å². The van der Waals surface area contributed by atoms with Gasteiger partial charge >= 0.3 is 0 Å². The second-order valence-corrected chi connectivity index (χ2v) is 4.75. The monoisotopic (exact) mass is 248 g/mol. The third-order valence-electron chi connectivity index (χ3n) is 2.91. The van der Waals surface area contributed by atoms with Gasteiger partial charge in [-0.1, -0.05) is 0 Å². The number of rotatable bonds is 3. The van der Waals surface area contributed by atoms with Crippen molar-refractivity contribution in [1.29, 1.82) is 5.41 Å². The summed E-state index contributed by atoms with van der Waals surface area (Å²) in [7, 11) is 0. The lowest BCUT2D eigenvalue weighted by atomic mass is 9.95. The first-order valence-corrected chi connectivity index (χ1v) is 6.24. The minimum absolute atomic E-state index is 0.118. The van der Waals surface area contributed by atoms with E-state index in [1.807, 2.05) is 0 Å². The van der Waals surface area contributed by atoms with Gasteiger partial charge < -0.3 is 15.5 Å². The van der Waals surface area contributed by atoms with E-state index in [4.69, 9.17) is 10.1 Å². The Hall–Kier alpha value is -0.550. The molecule has 0 unspecified atom stereocenters. The van der Waals surface area contributed by atoms with Crippen LogP contribution < -0.4 is 5.32 Å². The highest BCUT2D eigenvalue weighted by molar-refractivity contribution is 5.79. The molecule has 0 radical (unpaired) electrons. The van der Waals surface area contributed by atoms with E-state index in [1.165, 1.54) is 0 Å². The number of hydrogen-bond donors (Lipinski definition) is 2. The van der Waals surface area contributed by atoms with Gasteiger partial charge in [-0.15, -0.1) is 0 Å². The van der Waals surface area contributed by atoms with Crippen LogP contribution in [-0.2, 0) is 4.74 Å². The molecule has 0 amide bonds. The number of nitrogens with one attached hydrogen (secondary N) is 2. The SMILES string of the molecule is CC(=N)COC1CCNCC1.FC1(F)CCC1. The minimum Gasteiger partial charge on any atom is -0.372 e. The van der Waals surface area contributed by atoms with Crippen molar-refractivity contribution in [2.45, 2.75) is 51.1 Å². The van der Waals surface area contributed by atoms with Crippen molar-refractivity contribution >= 4 is 5.71 Å².